The number of pyridine rings is 2. The zero-order valence-electron chi connectivity index (χ0n) is 9.05. The molecule has 0 aliphatic rings. The number of anilines is 1. The number of nitrogen functional groups attached to an aromatic ring is 1. The molecule has 2 aromatic heterocycles. The summed E-state index contributed by atoms with van der Waals surface area (Å²) in [4.78, 5) is 15.5. The van der Waals surface area contributed by atoms with Gasteiger partial charge in [-0.2, -0.15) is 0 Å². The average molecular weight is 215 g/mol. The maximum absolute atomic E-state index is 11.1. The van der Waals surface area contributed by atoms with Crippen LogP contribution < -0.4 is 11.2 Å². The van der Waals surface area contributed by atoms with Crippen molar-refractivity contribution >= 4 is 5.69 Å². The second kappa shape index (κ2) is 4.18. The summed E-state index contributed by atoms with van der Waals surface area (Å²) in [5, 5.41) is 0. The van der Waals surface area contributed by atoms with E-state index in [-0.39, 0.29) is 11.1 Å². The highest BCUT2D eigenvalue weighted by Crippen LogP contribution is 2.02. The van der Waals surface area contributed by atoms with Crippen molar-refractivity contribution in [2.75, 3.05) is 5.73 Å². The molecule has 0 radical (unpaired) electrons. The van der Waals surface area contributed by atoms with Gasteiger partial charge in [0.1, 0.15) is 0 Å². The summed E-state index contributed by atoms with van der Waals surface area (Å²) >= 11 is 0. The van der Waals surface area contributed by atoms with Crippen molar-refractivity contribution in [3.63, 3.8) is 0 Å². The molecular weight excluding hydrogens is 202 g/mol. The summed E-state index contributed by atoms with van der Waals surface area (Å²) in [5.74, 6) is 0. The number of hydrogen-bond donors (Lipinski definition) is 1. The predicted octanol–water partition coefficient (Wildman–Crippen LogP) is 1.18. The van der Waals surface area contributed by atoms with E-state index in [1.807, 2.05) is 29.7 Å². The first kappa shape index (κ1) is 10.4. The van der Waals surface area contributed by atoms with Crippen LogP contribution in [0.1, 0.15) is 11.4 Å². The fraction of sp³-hybridized carbons (Fsp3) is 0.167. The molecule has 2 N–H and O–H groups in total. The lowest BCUT2D eigenvalue weighted by Gasteiger charge is -2.06. The normalized spacial score (nSPS) is 10.3. The number of aromatic nitrogens is 2. The lowest BCUT2D eigenvalue weighted by atomic mass is 10.3. The molecule has 0 spiro atoms. The van der Waals surface area contributed by atoms with E-state index in [9.17, 15) is 4.79 Å². The molecule has 0 unspecified atom stereocenters. The molecule has 0 amide bonds. The summed E-state index contributed by atoms with van der Waals surface area (Å²) in [6, 6.07) is 7.32. The number of nitrogens with zero attached hydrogens (tertiary/aromatic N) is 2. The van der Waals surface area contributed by atoms with E-state index in [0.29, 0.717) is 6.54 Å². The van der Waals surface area contributed by atoms with Gasteiger partial charge < -0.3 is 10.3 Å². The molecular formula is C12H13N3O. The van der Waals surface area contributed by atoms with Gasteiger partial charge in [-0.3, -0.25) is 9.78 Å². The van der Waals surface area contributed by atoms with Gasteiger partial charge in [0.15, 0.2) is 0 Å². The largest absolute Gasteiger partial charge is 0.394 e. The van der Waals surface area contributed by atoms with Gasteiger partial charge in [0.25, 0.3) is 0 Å². The maximum atomic E-state index is 11.1. The van der Waals surface area contributed by atoms with Gasteiger partial charge in [-0.25, -0.2) is 0 Å². The molecule has 4 heteroatoms. The molecule has 0 aliphatic carbocycles. The topological polar surface area (TPSA) is 60.9 Å². The number of rotatable bonds is 2. The first-order valence-corrected chi connectivity index (χ1v) is 5.03. The van der Waals surface area contributed by atoms with E-state index in [1.54, 1.807) is 12.4 Å². The van der Waals surface area contributed by atoms with Crippen LogP contribution in [0.3, 0.4) is 0 Å². The highest BCUT2D eigenvalue weighted by Gasteiger charge is 1.98. The van der Waals surface area contributed by atoms with Crippen LogP contribution in [0, 0.1) is 6.92 Å². The lowest BCUT2D eigenvalue weighted by Crippen LogP contribution is -2.11. The highest BCUT2D eigenvalue weighted by atomic mass is 16.1. The van der Waals surface area contributed by atoms with E-state index in [1.165, 1.54) is 6.07 Å². The van der Waals surface area contributed by atoms with Crippen LogP contribution in [0.4, 0.5) is 5.69 Å². The van der Waals surface area contributed by atoms with Crippen LogP contribution in [-0.2, 0) is 6.54 Å². The van der Waals surface area contributed by atoms with Gasteiger partial charge in [0.2, 0.25) is 5.43 Å². The van der Waals surface area contributed by atoms with E-state index >= 15 is 0 Å². The predicted molar refractivity (Wildman–Crippen MR) is 63.2 cm³/mol. The summed E-state index contributed by atoms with van der Waals surface area (Å²) < 4.78 is 1.85. The van der Waals surface area contributed by atoms with Gasteiger partial charge in [0, 0.05) is 24.2 Å². The average Bonchev–Trinajstić information content (AvgIpc) is 2.24. The third-order valence-electron chi connectivity index (χ3n) is 2.30. The van der Waals surface area contributed by atoms with Crippen molar-refractivity contribution in [3.8, 4) is 0 Å². The number of hydrogen-bond acceptors (Lipinski definition) is 3. The van der Waals surface area contributed by atoms with Crippen molar-refractivity contribution in [2.24, 2.45) is 0 Å². The molecule has 2 aromatic rings. The van der Waals surface area contributed by atoms with Crippen LogP contribution in [0.2, 0.25) is 0 Å². The molecule has 0 fully saturated rings. The smallest absolute Gasteiger partial charge is 0.204 e. The van der Waals surface area contributed by atoms with E-state index in [4.69, 9.17) is 5.73 Å². The van der Waals surface area contributed by atoms with Crippen LogP contribution in [0.5, 0.6) is 0 Å². The molecule has 4 nitrogen and oxygen atoms in total. The number of nitrogens with two attached hydrogens (primary N) is 1. The van der Waals surface area contributed by atoms with E-state index in [0.717, 1.165) is 11.4 Å². The fourth-order valence-electron chi connectivity index (χ4n) is 1.52. The first-order chi connectivity index (χ1) is 7.65. The van der Waals surface area contributed by atoms with Gasteiger partial charge in [-0.05, 0) is 19.1 Å². The Bertz CT molecular complexity index is 560. The molecule has 0 saturated carbocycles. The van der Waals surface area contributed by atoms with Crippen molar-refractivity contribution in [1.29, 1.82) is 0 Å². The lowest BCUT2D eigenvalue weighted by molar-refractivity contribution is 0.764. The van der Waals surface area contributed by atoms with Gasteiger partial charge in [-0.15, -0.1) is 0 Å². The highest BCUT2D eigenvalue weighted by molar-refractivity contribution is 5.33. The Balaban J connectivity index is 2.27. The Labute approximate surface area is 93.4 Å². The van der Waals surface area contributed by atoms with Crippen molar-refractivity contribution in [1.82, 2.24) is 9.55 Å². The second-order valence-electron chi connectivity index (χ2n) is 3.71. The van der Waals surface area contributed by atoms with Crippen molar-refractivity contribution < 1.29 is 0 Å². The minimum Gasteiger partial charge on any atom is -0.394 e. The molecule has 0 bridgehead atoms. The van der Waals surface area contributed by atoms with Crippen LogP contribution in [0.15, 0.2) is 41.5 Å². The second-order valence-corrected chi connectivity index (χ2v) is 3.71. The van der Waals surface area contributed by atoms with E-state index < -0.39 is 0 Å². The zero-order valence-corrected chi connectivity index (χ0v) is 9.05. The molecule has 0 aromatic carbocycles. The first-order valence-electron chi connectivity index (χ1n) is 5.03. The third-order valence-corrected chi connectivity index (χ3v) is 2.30. The van der Waals surface area contributed by atoms with Crippen molar-refractivity contribution in [2.45, 2.75) is 13.5 Å². The molecule has 2 rings (SSSR count). The van der Waals surface area contributed by atoms with Gasteiger partial charge >= 0.3 is 0 Å². The SMILES string of the molecule is Cc1cccc(Cn2ccc(=O)c(N)c2)n1. The zero-order chi connectivity index (χ0) is 11.5. The van der Waals surface area contributed by atoms with Gasteiger partial charge in [-0.1, -0.05) is 6.07 Å². The Kier molecular flexibility index (Phi) is 2.72. The Hall–Kier alpha value is -2.10. The summed E-state index contributed by atoms with van der Waals surface area (Å²) in [6.45, 7) is 2.56. The molecule has 0 atom stereocenters. The monoisotopic (exact) mass is 215 g/mol. The minimum absolute atomic E-state index is 0.145. The maximum Gasteiger partial charge on any atom is 0.204 e. The summed E-state index contributed by atoms with van der Waals surface area (Å²) in [7, 11) is 0. The Morgan fingerprint density at radius 2 is 2.19 bits per heavy atom. The minimum atomic E-state index is -0.145. The fourth-order valence-corrected chi connectivity index (χ4v) is 1.52. The van der Waals surface area contributed by atoms with E-state index in [2.05, 4.69) is 4.98 Å². The standard InChI is InChI=1S/C12H13N3O/c1-9-3-2-4-10(14-9)7-15-6-5-12(16)11(13)8-15/h2-6,8H,7,13H2,1H3. The molecule has 16 heavy (non-hydrogen) atoms. The Morgan fingerprint density at radius 3 is 2.88 bits per heavy atom. The number of aryl methyl sites for hydroxylation is 1. The molecule has 0 saturated heterocycles. The Morgan fingerprint density at radius 1 is 1.38 bits per heavy atom. The quantitative estimate of drug-likeness (QED) is 0.818. The van der Waals surface area contributed by atoms with Crippen LogP contribution in [0.25, 0.3) is 0 Å². The molecule has 82 valence electrons. The van der Waals surface area contributed by atoms with Crippen molar-refractivity contribution in [3.05, 3.63) is 58.3 Å². The molecule has 2 heterocycles. The third kappa shape index (κ3) is 2.28. The van der Waals surface area contributed by atoms with Crippen LogP contribution in [-0.4, -0.2) is 9.55 Å². The van der Waals surface area contributed by atoms with Crippen LogP contribution >= 0.6 is 0 Å². The molecule has 0 aliphatic heterocycles. The summed E-state index contributed by atoms with van der Waals surface area (Å²) in [6.07, 6.45) is 3.34. The summed E-state index contributed by atoms with van der Waals surface area (Å²) in [5.41, 5.74) is 7.59. The van der Waals surface area contributed by atoms with Gasteiger partial charge in [0.05, 0.1) is 17.9 Å².